The molecule has 108 valence electrons. The summed E-state index contributed by atoms with van der Waals surface area (Å²) in [6, 6.07) is 12.6. The highest BCUT2D eigenvalue weighted by atomic mass is 32.1. The van der Waals surface area contributed by atoms with Gasteiger partial charge in [-0.15, -0.1) is 11.3 Å². The summed E-state index contributed by atoms with van der Waals surface area (Å²) in [6.45, 7) is 2.64. The van der Waals surface area contributed by atoms with Crippen molar-refractivity contribution in [3.63, 3.8) is 0 Å². The van der Waals surface area contributed by atoms with Gasteiger partial charge < -0.3 is 11.1 Å². The molecule has 3 N–H and O–H groups in total. The fraction of sp³-hybridized carbons (Fsp3) is 0.250. The van der Waals surface area contributed by atoms with Crippen LogP contribution in [0.15, 0.2) is 42.7 Å². The second-order valence-corrected chi connectivity index (χ2v) is 6.30. The van der Waals surface area contributed by atoms with Gasteiger partial charge in [0.15, 0.2) is 0 Å². The molecule has 0 spiro atoms. The Labute approximate surface area is 128 Å². The summed E-state index contributed by atoms with van der Waals surface area (Å²) in [4.78, 5) is 10.9. The fourth-order valence-corrected chi connectivity index (χ4v) is 3.22. The number of nitrogens with two attached hydrogens (primary N) is 1. The summed E-state index contributed by atoms with van der Waals surface area (Å²) in [5, 5.41) is 4.54. The fourth-order valence-electron chi connectivity index (χ4n) is 2.38. The molecule has 3 aromatic rings. The topological polar surface area (TPSA) is 63.8 Å². The van der Waals surface area contributed by atoms with Gasteiger partial charge in [0.05, 0.1) is 5.39 Å². The van der Waals surface area contributed by atoms with Crippen molar-refractivity contribution in [2.75, 3.05) is 11.9 Å². The van der Waals surface area contributed by atoms with Gasteiger partial charge in [0.25, 0.3) is 0 Å². The zero-order valence-electron chi connectivity index (χ0n) is 11.9. The lowest BCUT2D eigenvalue weighted by atomic mass is 10.1. The summed E-state index contributed by atoms with van der Waals surface area (Å²) in [7, 11) is 0. The Morgan fingerprint density at radius 3 is 2.81 bits per heavy atom. The van der Waals surface area contributed by atoms with Crippen LogP contribution in [0, 0.1) is 6.92 Å². The monoisotopic (exact) mass is 298 g/mol. The van der Waals surface area contributed by atoms with E-state index in [4.69, 9.17) is 5.73 Å². The molecule has 0 saturated carbocycles. The third kappa shape index (κ3) is 3.20. The van der Waals surface area contributed by atoms with E-state index >= 15 is 0 Å². The first kappa shape index (κ1) is 14.0. The van der Waals surface area contributed by atoms with Crippen LogP contribution in [0.4, 0.5) is 5.82 Å². The van der Waals surface area contributed by atoms with Crippen LogP contribution in [0.2, 0.25) is 0 Å². The van der Waals surface area contributed by atoms with Gasteiger partial charge in [-0.05, 0) is 25.0 Å². The minimum Gasteiger partial charge on any atom is -0.365 e. The molecular weight excluding hydrogens is 280 g/mol. The van der Waals surface area contributed by atoms with Gasteiger partial charge in [-0.25, -0.2) is 9.97 Å². The van der Waals surface area contributed by atoms with Crippen LogP contribution in [0.25, 0.3) is 10.2 Å². The van der Waals surface area contributed by atoms with E-state index in [9.17, 15) is 0 Å². The Morgan fingerprint density at radius 2 is 2.05 bits per heavy atom. The normalized spacial score (nSPS) is 12.5. The van der Waals surface area contributed by atoms with E-state index in [1.54, 1.807) is 17.7 Å². The lowest BCUT2D eigenvalue weighted by molar-refractivity contribution is 0.721. The Hall–Kier alpha value is -1.98. The van der Waals surface area contributed by atoms with Gasteiger partial charge >= 0.3 is 0 Å². The zero-order chi connectivity index (χ0) is 14.7. The molecule has 0 aliphatic carbocycles. The number of nitrogens with one attached hydrogen (secondary N) is 1. The SMILES string of the molecule is Cc1cc2c(NC(CN)Cc3ccccc3)ncnc2s1. The average Bonchev–Trinajstić information content (AvgIpc) is 2.89. The van der Waals surface area contributed by atoms with E-state index in [-0.39, 0.29) is 6.04 Å². The third-order valence-corrected chi connectivity index (χ3v) is 4.36. The van der Waals surface area contributed by atoms with Crippen LogP contribution in [0.5, 0.6) is 0 Å². The Balaban J connectivity index is 1.82. The zero-order valence-corrected chi connectivity index (χ0v) is 12.7. The number of hydrogen-bond acceptors (Lipinski definition) is 5. The van der Waals surface area contributed by atoms with Crippen molar-refractivity contribution in [3.05, 3.63) is 53.2 Å². The first-order valence-corrected chi connectivity index (χ1v) is 7.79. The van der Waals surface area contributed by atoms with Crippen molar-refractivity contribution in [3.8, 4) is 0 Å². The minimum absolute atomic E-state index is 0.158. The predicted molar refractivity (Wildman–Crippen MR) is 88.8 cm³/mol. The van der Waals surface area contributed by atoms with Crippen molar-refractivity contribution in [1.29, 1.82) is 0 Å². The second-order valence-electron chi connectivity index (χ2n) is 5.06. The predicted octanol–water partition coefficient (Wildman–Crippen LogP) is 2.98. The van der Waals surface area contributed by atoms with Crippen molar-refractivity contribution in [2.24, 2.45) is 5.73 Å². The average molecular weight is 298 g/mol. The van der Waals surface area contributed by atoms with Crippen molar-refractivity contribution in [1.82, 2.24) is 9.97 Å². The van der Waals surface area contributed by atoms with Gasteiger partial charge in [0.1, 0.15) is 17.0 Å². The van der Waals surface area contributed by atoms with E-state index in [0.29, 0.717) is 6.54 Å². The molecular formula is C16H18N4S. The van der Waals surface area contributed by atoms with Crippen molar-refractivity contribution in [2.45, 2.75) is 19.4 Å². The number of rotatable bonds is 5. The lowest BCUT2D eigenvalue weighted by Crippen LogP contribution is -2.31. The molecule has 5 heteroatoms. The minimum atomic E-state index is 0.158. The molecule has 2 heterocycles. The van der Waals surface area contributed by atoms with E-state index in [1.165, 1.54) is 10.4 Å². The van der Waals surface area contributed by atoms with Crippen LogP contribution in [-0.4, -0.2) is 22.6 Å². The van der Waals surface area contributed by atoms with Gasteiger partial charge in [-0.2, -0.15) is 0 Å². The quantitative estimate of drug-likeness (QED) is 0.760. The highest BCUT2D eigenvalue weighted by molar-refractivity contribution is 7.18. The van der Waals surface area contributed by atoms with Gasteiger partial charge in [-0.1, -0.05) is 30.3 Å². The van der Waals surface area contributed by atoms with Crippen LogP contribution < -0.4 is 11.1 Å². The molecule has 0 aliphatic rings. The van der Waals surface area contributed by atoms with Crippen molar-refractivity contribution < 1.29 is 0 Å². The Morgan fingerprint density at radius 1 is 1.24 bits per heavy atom. The first-order chi connectivity index (χ1) is 10.3. The van der Waals surface area contributed by atoms with E-state index < -0.39 is 0 Å². The van der Waals surface area contributed by atoms with Crippen LogP contribution >= 0.6 is 11.3 Å². The molecule has 1 unspecified atom stereocenters. The van der Waals surface area contributed by atoms with Crippen LogP contribution in [-0.2, 0) is 6.42 Å². The molecule has 0 saturated heterocycles. The van der Waals surface area contributed by atoms with E-state index in [1.807, 2.05) is 18.2 Å². The summed E-state index contributed by atoms with van der Waals surface area (Å²) < 4.78 is 0. The highest BCUT2D eigenvalue weighted by Gasteiger charge is 2.12. The maximum atomic E-state index is 5.91. The summed E-state index contributed by atoms with van der Waals surface area (Å²) >= 11 is 1.68. The molecule has 21 heavy (non-hydrogen) atoms. The number of anilines is 1. The Bertz CT molecular complexity index is 723. The molecule has 0 fully saturated rings. The molecule has 0 amide bonds. The second kappa shape index (κ2) is 6.20. The molecule has 1 aromatic carbocycles. The smallest absolute Gasteiger partial charge is 0.138 e. The standard InChI is InChI=1S/C16H18N4S/c1-11-7-14-15(18-10-19-16(14)21-11)20-13(9-17)8-12-5-3-2-4-6-12/h2-7,10,13H,8-9,17H2,1H3,(H,18,19,20). The maximum absolute atomic E-state index is 5.91. The number of hydrogen-bond donors (Lipinski definition) is 2. The molecule has 1 atom stereocenters. The summed E-state index contributed by atoms with van der Waals surface area (Å²) in [5.74, 6) is 0.871. The summed E-state index contributed by atoms with van der Waals surface area (Å²) in [5.41, 5.74) is 7.19. The van der Waals surface area contributed by atoms with E-state index in [0.717, 1.165) is 22.5 Å². The number of aromatic nitrogens is 2. The number of thiophene rings is 1. The largest absolute Gasteiger partial charge is 0.365 e. The molecule has 4 nitrogen and oxygen atoms in total. The molecule has 2 aromatic heterocycles. The molecule has 0 aliphatic heterocycles. The number of fused-ring (bicyclic) bond motifs is 1. The van der Waals surface area contributed by atoms with Crippen molar-refractivity contribution >= 4 is 27.4 Å². The Kier molecular flexibility index (Phi) is 4.13. The number of nitrogens with zero attached hydrogens (tertiary/aromatic N) is 2. The lowest BCUT2D eigenvalue weighted by Gasteiger charge is -2.18. The third-order valence-electron chi connectivity index (χ3n) is 3.40. The molecule has 3 rings (SSSR count). The van der Waals surface area contributed by atoms with Crippen LogP contribution in [0.3, 0.4) is 0 Å². The molecule has 0 bridgehead atoms. The van der Waals surface area contributed by atoms with Gasteiger partial charge in [-0.3, -0.25) is 0 Å². The number of aryl methyl sites for hydroxylation is 1. The van der Waals surface area contributed by atoms with Gasteiger partial charge in [0, 0.05) is 17.5 Å². The molecule has 0 radical (unpaired) electrons. The first-order valence-electron chi connectivity index (χ1n) is 6.98. The number of benzene rings is 1. The van der Waals surface area contributed by atoms with E-state index in [2.05, 4.69) is 40.4 Å². The highest BCUT2D eigenvalue weighted by Crippen LogP contribution is 2.27. The van der Waals surface area contributed by atoms with Gasteiger partial charge in [0.2, 0.25) is 0 Å². The maximum Gasteiger partial charge on any atom is 0.138 e. The summed E-state index contributed by atoms with van der Waals surface area (Å²) in [6.07, 6.45) is 2.49. The van der Waals surface area contributed by atoms with Crippen LogP contribution in [0.1, 0.15) is 10.4 Å².